The van der Waals surface area contributed by atoms with Crippen LogP contribution in [0.15, 0.2) is 42.6 Å². The number of pyridine rings is 1. The molecule has 0 atom stereocenters. The van der Waals surface area contributed by atoms with Crippen LogP contribution in [0.25, 0.3) is 0 Å². The molecule has 1 heterocycles. The number of nitrogens with zero attached hydrogens (tertiary/aromatic N) is 1. The molecule has 0 bridgehead atoms. The first-order chi connectivity index (χ1) is 9.74. The van der Waals surface area contributed by atoms with Crippen LogP contribution in [0.5, 0.6) is 5.75 Å². The minimum Gasteiger partial charge on any atom is -0.496 e. The van der Waals surface area contributed by atoms with E-state index < -0.39 is 0 Å². The predicted octanol–water partition coefficient (Wildman–Crippen LogP) is 1.48. The topological polar surface area (TPSA) is 77.2 Å². The molecule has 1 aromatic heterocycles. The highest BCUT2D eigenvalue weighted by Crippen LogP contribution is 2.16. The molecule has 0 aliphatic heterocycles. The lowest BCUT2D eigenvalue weighted by molar-refractivity contribution is 0.0950. The number of carbonyl (C=O) groups excluding carboxylic acids is 1. The van der Waals surface area contributed by atoms with Crippen molar-refractivity contribution in [3.63, 3.8) is 0 Å². The number of carbonyl (C=O) groups is 1. The van der Waals surface area contributed by atoms with E-state index in [9.17, 15) is 4.79 Å². The van der Waals surface area contributed by atoms with E-state index in [2.05, 4.69) is 10.3 Å². The summed E-state index contributed by atoms with van der Waals surface area (Å²) in [5, 5.41) is 2.85. The summed E-state index contributed by atoms with van der Waals surface area (Å²) in [5.74, 6) is 0.596. The highest BCUT2D eigenvalue weighted by molar-refractivity contribution is 5.94. The average Bonchev–Trinajstić information content (AvgIpc) is 2.52. The number of amides is 1. The normalized spacial score (nSPS) is 10.1. The highest BCUT2D eigenvalue weighted by Gasteiger charge is 2.08. The number of aromatic nitrogens is 1. The van der Waals surface area contributed by atoms with Gasteiger partial charge in [0.2, 0.25) is 0 Å². The molecule has 2 aromatic rings. The molecule has 0 aliphatic carbocycles. The van der Waals surface area contributed by atoms with Crippen molar-refractivity contribution in [1.29, 1.82) is 0 Å². The Labute approximate surface area is 117 Å². The van der Waals surface area contributed by atoms with Gasteiger partial charge in [0.05, 0.1) is 12.8 Å². The lowest BCUT2D eigenvalue weighted by atomic mass is 10.2. The maximum absolute atomic E-state index is 12.1. The van der Waals surface area contributed by atoms with Crippen molar-refractivity contribution in [3.05, 3.63) is 59.4 Å². The van der Waals surface area contributed by atoms with Gasteiger partial charge in [0.15, 0.2) is 0 Å². The first-order valence-corrected chi connectivity index (χ1v) is 6.29. The van der Waals surface area contributed by atoms with E-state index in [4.69, 9.17) is 10.5 Å². The zero-order valence-electron chi connectivity index (χ0n) is 11.3. The van der Waals surface area contributed by atoms with Crippen LogP contribution in [0.4, 0.5) is 0 Å². The number of nitrogens with one attached hydrogen (secondary N) is 1. The largest absolute Gasteiger partial charge is 0.496 e. The fourth-order valence-corrected chi connectivity index (χ4v) is 1.86. The Morgan fingerprint density at radius 2 is 2.15 bits per heavy atom. The number of rotatable bonds is 5. The minimum atomic E-state index is -0.159. The van der Waals surface area contributed by atoms with E-state index in [0.717, 1.165) is 11.3 Å². The van der Waals surface area contributed by atoms with Crippen LogP contribution in [-0.2, 0) is 13.1 Å². The highest BCUT2D eigenvalue weighted by atomic mass is 16.5. The van der Waals surface area contributed by atoms with Gasteiger partial charge in [0.25, 0.3) is 5.91 Å². The van der Waals surface area contributed by atoms with Crippen molar-refractivity contribution in [1.82, 2.24) is 10.3 Å². The van der Waals surface area contributed by atoms with Crippen molar-refractivity contribution in [2.75, 3.05) is 7.11 Å². The fourth-order valence-electron chi connectivity index (χ4n) is 1.86. The van der Waals surface area contributed by atoms with Crippen molar-refractivity contribution >= 4 is 5.91 Å². The summed E-state index contributed by atoms with van der Waals surface area (Å²) < 4.78 is 5.24. The molecule has 104 valence electrons. The summed E-state index contributed by atoms with van der Waals surface area (Å²) in [6.45, 7) is 0.719. The summed E-state index contributed by atoms with van der Waals surface area (Å²) in [6, 6.07) is 10.9. The average molecular weight is 271 g/mol. The maximum atomic E-state index is 12.1. The van der Waals surface area contributed by atoms with Gasteiger partial charge in [0.1, 0.15) is 5.75 Å². The number of ether oxygens (including phenoxy) is 1. The first kappa shape index (κ1) is 14.0. The SMILES string of the molecule is COc1ccccc1CNC(=O)c1ccnc(CN)c1. The third-order valence-corrected chi connectivity index (χ3v) is 2.92. The predicted molar refractivity (Wildman–Crippen MR) is 76.3 cm³/mol. The second kappa shape index (κ2) is 6.68. The minimum absolute atomic E-state index is 0.159. The van der Waals surface area contributed by atoms with E-state index in [1.165, 1.54) is 0 Å². The summed E-state index contributed by atoms with van der Waals surface area (Å²) >= 11 is 0. The molecular weight excluding hydrogens is 254 g/mol. The van der Waals surface area contributed by atoms with Crippen molar-refractivity contribution in [2.24, 2.45) is 5.73 Å². The molecule has 0 spiro atoms. The molecule has 5 nitrogen and oxygen atoms in total. The molecule has 0 aliphatic rings. The van der Waals surface area contributed by atoms with Gasteiger partial charge >= 0.3 is 0 Å². The Kier molecular flexibility index (Phi) is 4.68. The molecule has 0 fully saturated rings. The summed E-state index contributed by atoms with van der Waals surface area (Å²) in [5.41, 5.74) is 7.68. The maximum Gasteiger partial charge on any atom is 0.251 e. The van der Waals surface area contributed by atoms with Gasteiger partial charge in [-0.15, -0.1) is 0 Å². The van der Waals surface area contributed by atoms with Crippen molar-refractivity contribution in [2.45, 2.75) is 13.1 Å². The smallest absolute Gasteiger partial charge is 0.251 e. The molecule has 0 radical (unpaired) electrons. The zero-order chi connectivity index (χ0) is 14.4. The quantitative estimate of drug-likeness (QED) is 0.863. The summed E-state index contributed by atoms with van der Waals surface area (Å²) in [6.07, 6.45) is 1.58. The fraction of sp³-hybridized carbons (Fsp3) is 0.200. The Morgan fingerprint density at radius 3 is 2.90 bits per heavy atom. The van der Waals surface area contributed by atoms with Crippen LogP contribution in [-0.4, -0.2) is 18.0 Å². The van der Waals surface area contributed by atoms with E-state index in [0.29, 0.717) is 24.3 Å². The molecule has 1 amide bonds. The second-order valence-corrected chi connectivity index (χ2v) is 4.23. The molecule has 20 heavy (non-hydrogen) atoms. The van der Waals surface area contributed by atoms with Crippen LogP contribution < -0.4 is 15.8 Å². The van der Waals surface area contributed by atoms with Gasteiger partial charge in [-0.25, -0.2) is 0 Å². The molecule has 0 saturated carbocycles. The summed E-state index contributed by atoms with van der Waals surface area (Å²) in [4.78, 5) is 16.1. The number of para-hydroxylation sites is 1. The monoisotopic (exact) mass is 271 g/mol. The summed E-state index contributed by atoms with van der Waals surface area (Å²) in [7, 11) is 1.61. The molecule has 3 N–H and O–H groups in total. The Bertz CT molecular complexity index is 599. The molecule has 0 unspecified atom stereocenters. The van der Waals surface area contributed by atoms with Crippen LogP contribution in [0.1, 0.15) is 21.6 Å². The Balaban J connectivity index is 2.04. The molecule has 0 saturated heterocycles. The van der Waals surface area contributed by atoms with Crippen molar-refractivity contribution in [3.8, 4) is 5.75 Å². The van der Waals surface area contributed by atoms with Crippen LogP contribution >= 0.6 is 0 Å². The van der Waals surface area contributed by atoms with E-state index in [-0.39, 0.29) is 5.91 Å². The van der Waals surface area contributed by atoms with E-state index in [1.807, 2.05) is 24.3 Å². The lowest BCUT2D eigenvalue weighted by Gasteiger charge is -2.09. The third kappa shape index (κ3) is 3.33. The third-order valence-electron chi connectivity index (χ3n) is 2.92. The number of nitrogens with two attached hydrogens (primary N) is 1. The van der Waals surface area contributed by atoms with Crippen LogP contribution in [0, 0.1) is 0 Å². The number of hydrogen-bond acceptors (Lipinski definition) is 4. The van der Waals surface area contributed by atoms with Crippen LogP contribution in [0.2, 0.25) is 0 Å². The number of hydrogen-bond donors (Lipinski definition) is 2. The number of methoxy groups -OCH3 is 1. The number of benzene rings is 1. The molecule has 1 aromatic carbocycles. The molecular formula is C15H17N3O2. The van der Waals surface area contributed by atoms with Gasteiger partial charge < -0.3 is 15.8 Å². The second-order valence-electron chi connectivity index (χ2n) is 4.23. The van der Waals surface area contributed by atoms with Gasteiger partial charge in [-0.2, -0.15) is 0 Å². The zero-order valence-corrected chi connectivity index (χ0v) is 11.3. The standard InChI is InChI=1S/C15H17N3O2/c1-20-14-5-3-2-4-12(14)10-18-15(19)11-6-7-17-13(8-11)9-16/h2-8H,9-10,16H2,1H3,(H,18,19). The van der Waals surface area contributed by atoms with E-state index in [1.54, 1.807) is 25.4 Å². The van der Waals surface area contributed by atoms with Crippen LogP contribution in [0.3, 0.4) is 0 Å². The Hall–Kier alpha value is -2.40. The van der Waals surface area contributed by atoms with Crippen molar-refractivity contribution < 1.29 is 9.53 Å². The van der Waals surface area contributed by atoms with Gasteiger partial charge in [-0.3, -0.25) is 9.78 Å². The van der Waals surface area contributed by atoms with Gasteiger partial charge in [0, 0.05) is 30.4 Å². The molecule has 5 heteroatoms. The lowest BCUT2D eigenvalue weighted by Crippen LogP contribution is -2.23. The van der Waals surface area contributed by atoms with E-state index >= 15 is 0 Å². The van der Waals surface area contributed by atoms with Gasteiger partial charge in [-0.1, -0.05) is 18.2 Å². The Morgan fingerprint density at radius 1 is 1.35 bits per heavy atom. The first-order valence-electron chi connectivity index (χ1n) is 6.29. The van der Waals surface area contributed by atoms with Gasteiger partial charge in [-0.05, 0) is 18.2 Å². The molecule has 2 rings (SSSR count).